The van der Waals surface area contributed by atoms with Gasteiger partial charge in [-0.1, -0.05) is 45.4 Å². The number of ether oxygens (including phenoxy) is 2. The number of rotatable bonds is 12. The Morgan fingerprint density at radius 3 is 1.82 bits per heavy atom. The zero-order valence-corrected chi connectivity index (χ0v) is 12.0. The van der Waals surface area contributed by atoms with Gasteiger partial charge in [-0.15, -0.1) is 0 Å². The molecule has 3 heteroatoms. The van der Waals surface area contributed by atoms with Crippen molar-refractivity contribution in [3.05, 3.63) is 0 Å². The van der Waals surface area contributed by atoms with E-state index < -0.39 is 5.79 Å². The van der Waals surface area contributed by atoms with Crippen molar-refractivity contribution in [2.75, 3.05) is 20.8 Å². The Balaban J connectivity index is 3.61. The SMILES string of the molecule is CCCCCCCCCC(CCN)(OC)OC. The molecule has 2 N–H and O–H groups in total. The second-order valence-electron chi connectivity index (χ2n) is 4.73. The smallest absolute Gasteiger partial charge is 0.168 e. The predicted octanol–water partition coefficient (Wildman–Crippen LogP) is 3.47. The van der Waals surface area contributed by atoms with E-state index in [0.717, 1.165) is 19.3 Å². The summed E-state index contributed by atoms with van der Waals surface area (Å²) in [5.41, 5.74) is 5.59. The average molecular weight is 245 g/mol. The average Bonchev–Trinajstić information content (AvgIpc) is 2.36. The molecule has 17 heavy (non-hydrogen) atoms. The van der Waals surface area contributed by atoms with Gasteiger partial charge in [-0.2, -0.15) is 0 Å². The number of nitrogens with two attached hydrogens (primary N) is 1. The molecule has 0 bridgehead atoms. The van der Waals surface area contributed by atoms with Gasteiger partial charge in [-0.05, 0) is 13.0 Å². The van der Waals surface area contributed by atoms with Gasteiger partial charge in [-0.3, -0.25) is 0 Å². The summed E-state index contributed by atoms with van der Waals surface area (Å²) in [4.78, 5) is 0. The van der Waals surface area contributed by atoms with Crippen LogP contribution in [0.4, 0.5) is 0 Å². The van der Waals surface area contributed by atoms with Crippen LogP contribution in [-0.2, 0) is 9.47 Å². The van der Waals surface area contributed by atoms with Gasteiger partial charge in [-0.25, -0.2) is 0 Å². The van der Waals surface area contributed by atoms with E-state index in [1.54, 1.807) is 14.2 Å². The first-order valence-corrected chi connectivity index (χ1v) is 7.05. The highest BCUT2D eigenvalue weighted by atomic mass is 16.7. The highest BCUT2D eigenvalue weighted by Gasteiger charge is 2.27. The molecule has 0 fully saturated rings. The highest BCUT2D eigenvalue weighted by Crippen LogP contribution is 2.23. The normalized spacial score (nSPS) is 12.0. The lowest BCUT2D eigenvalue weighted by atomic mass is 10.0. The van der Waals surface area contributed by atoms with E-state index in [-0.39, 0.29) is 0 Å². The third-order valence-corrected chi connectivity index (χ3v) is 3.43. The van der Waals surface area contributed by atoms with Gasteiger partial charge >= 0.3 is 0 Å². The maximum absolute atomic E-state index is 5.59. The van der Waals surface area contributed by atoms with Crippen LogP contribution in [0.25, 0.3) is 0 Å². The molecule has 0 aromatic rings. The van der Waals surface area contributed by atoms with Gasteiger partial charge in [0.1, 0.15) is 0 Å². The van der Waals surface area contributed by atoms with Gasteiger partial charge < -0.3 is 15.2 Å². The Morgan fingerprint density at radius 1 is 0.824 bits per heavy atom. The van der Waals surface area contributed by atoms with E-state index in [9.17, 15) is 0 Å². The van der Waals surface area contributed by atoms with Crippen molar-refractivity contribution in [1.29, 1.82) is 0 Å². The Labute approximate surface area is 107 Å². The molecule has 0 spiro atoms. The van der Waals surface area contributed by atoms with Gasteiger partial charge in [0.15, 0.2) is 5.79 Å². The van der Waals surface area contributed by atoms with E-state index in [1.807, 2.05) is 0 Å². The fourth-order valence-corrected chi connectivity index (χ4v) is 2.19. The zero-order valence-electron chi connectivity index (χ0n) is 12.0. The van der Waals surface area contributed by atoms with Gasteiger partial charge in [0.2, 0.25) is 0 Å². The standard InChI is InChI=1S/C14H31NO2/c1-4-5-6-7-8-9-10-11-14(16-2,17-3)12-13-15/h4-13,15H2,1-3H3. The first-order valence-electron chi connectivity index (χ1n) is 7.05. The fourth-order valence-electron chi connectivity index (χ4n) is 2.19. The molecule has 0 saturated carbocycles. The number of hydrogen-bond donors (Lipinski definition) is 1. The van der Waals surface area contributed by atoms with Crippen molar-refractivity contribution in [2.45, 2.75) is 70.5 Å². The molecule has 0 heterocycles. The van der Waals surface area contributed by atoms with E-state index in [2.05, 4.69) is 6.92 Å². The number of unbranched alkanes of at least 4 members (excludes halogenated alkanes) is 6. The number of hydrogen-bond acceptors (Lipinski definition) is 3. The molecule has 0 atom stereocenters. The Hall–Kier alpha value is -0.120. The minimum absolute atomic E-state index is 0.446. The molecule has 3 nitrogen and oxygen atoms in total. The topological polar surface area (TPSA) is 44.5 Å². The van der Waals surface area contributed by atoms with Crippen LogP contribution in [0.1, 0.15) is 64.7 Å². The van der Waals surface area contributed by atoms with E-state index in [0.29, 0.717) is 6.54 Å². The van der Waals surface area contributed by atoms with E-state index >= 15 is 0 Å². The second-order valence-corrected chi connectivity index (χ2v) is 4.73. The van der Waals surface area contributed by atoms with Crippen LogP contribution in [0.5, 0.6) is 0 Å². The molecule has 0 aliphatic carbocycles. The molecule has 0 aromatic heterocycles. The minimum Gasteiger partial charge on any atom is -0.353 e. The van der Waals surface area contributed by atoms with Gasteiger partial charge in [0.25, 0.3) is 0 Å². The summed E-state index contributed by atoms with van der Waals surface area (Å²) in [6.07, 6.45) is 10.9. The minimum atomic E-state index is -0.446. The molecular formula is C14H31NO2. The molecule has 0 saturated heterocycles. The van der Waals surface area contributed by atoms with Crippen LogP contribution in [0.15, 0.2) is 0 Å². The van der Waals surface area contributed by atoms with Crippen molar-refractivity contribution in [3.8, 4) is 0 Å². The lowest BCUT2D eigenvalue weighted by Gasteiger charge is -2.30. The molecule has 0 aliphatic heterocycles. The van der Waals surface area contributed by atoms with Crippen LogP contribution < -0.4 is 5.73 Å². The molecule has 0 radical (unpaired) electrons. The molecule has 0 aliphatic rings. The fraction of sp³-hybridized carbons (Fsp3) is 1.00. The molecule has 104 valence electrons. The summed E-state index contributed by atoms with van der Waals surface area (Å²) >= 11 is 0. The summed E-state index contributed by atoms with van der Waals surface area (Å²) in [5, 5.41) is 0. The largest absolute Gasteiger partial charge is 0.353 e. The van der Waals surface area contributed by atoms with Crippen molar-refractivity contribution >= 4 is 0 Å². The third-order valence-electron chi connectivity index (χ3n) is 3.43. The number of methoxy groups -OCH3 is 2. The maximum Gasteiger partial charge on any atom is 0.168 e. The monoisotopic (exact) mass is 245 g/mol. The second kappa shape index (κ2) is 11.0. The Kier molecular flexibility index (Phi) is 10.9. The summed E-state index contributed by atoms with van der Waals surface area (Å²) in [7, 11) is 3.42. The summed E-state index contributed by atoms with van der Waals surface area (Å²) < 4.78 is 10.9. The molecule has 0 rings (SSSR count). The third kappa shape index (κ3) is 7.74. The molecule has 0 amide bonds. The van der Waals surface area contributed by atoms with Crippen molar-refractivity contribution < 1.29 is 9.47 Å². The van der Waals surface area contributed by atoms with Crippen LogP contribution in [0, 0.1) is 0 Å². The van der Waals surface area contributed by atoms with Gasteiger partial charge in [0.05, 0.1) is 0 Å². The van der Waals surface area contributed by atoms with E-state index in [1.165, 1.54) is 38.5 Å². The van der Waals surface area contributed by atoms with Crippen LogP contribution >= 0.6 is 0 Å². The summed E-state index contributed by atoms with van der Waals surface area (Å²) in [6.45, 7) is 2.86. The predicted molar refractivity (Wildman–Crippen MR) is 73.0 cm³/mol. The van der Waals surface area contributed by atoms with E-state index in [4.69, 9.17) is 15.2 Å². The molecule has 0 aromatic carbocycles. The molecular weight excluding hydrogens is 214 g/mol. The first kappa shape index (κ1) is 16.9. The molecule has 0 unspecified atom stereocenters. The summed E-state index contributed by atoms with van der Waals surface area (Å²) in [5.74, 6) is -0.446. The van der Waals surface area contributed by atoms with Gasteiger partial charge in [0, 0.05) is 27.1 Å². The van der Waals surface area contributed by atoms with Crippen molar-refractivity contribution in [1.82, 2.24) is 0 Å². The van der Waals surface area contributed by atoms with Crippen molar-refractivity contribution in [2.24, 2.45) is 5.73 Å². The first-order chi connectivity index (χ1) is 8.24. The van der Waals surface area contributed by atoms with Crippen LogP contribution in [0.2, 0.25) is 0 Å². The quantitative estimate of drug-likeness (QED) is 0.423. The van der Waals surface area contributed by atoms with Crippen LogP contribution in [0.3, 0.4) is 0 Å². The van der Waals surface area contributed by atoms with Crippen LogP contribution in [-0.4, -0.2) is 26.6 Å². The Bertz CT molecular complexity index is 158. The lowest BCUT2D eigenvalue weighted by Crippen LogP contribution is -2.36. The van der Waals surface area contributed by atoms with Crippen molar-refractivity contribution in [3.63, 3.8) is 0 Å². The maximum atomic E-state index is 5.59. The lowest BCUT2D eigenvalue weighted by molar-refractivity contribution is -0.213. The zero-order chi connectivity index (χ0) is 13.0. The summed E-state index contributed by atoms with van der Waals surface area (Å²) in [6, 6.07) is 0. The highest BCUT2D eigenvalue weighted by molar-refractivity contribution is 4.69. The Morgan fingerprint density at radius 2 is 1.35 bits per heavy atom.